The molecule has 5 nitrogen and oxygen atoms in total. The van der Waals surface area contributed by atoms with Crippen molar-refractivity contribution in [1.29, 1.82) is 0 Å². The molecule has 206 valence electrons. The number of hydrogen-bond donors (Lipinski definition) is 0. The summed E-state index contributed by atoms with van der Waals surface area (Å²) in [6.07, 6.45) is 1.77. The average Bonchev–Trinajstić information content (AvgIpc) is 3.19. The van der Waals surface area contributed by atoms with Gasteiger partial charge in [-0.05, 0) is 47.2 Å². The predicted molar refractivity (Wildman–Crippen MR) is 154 cm³/mol. The summed E-state index contributed by atoms with van der Waals surface area (Å²) in [7, 11) is 2.06. The van der Waals surface area contributed by atoms with Crippen LogP contribution in [0.4, 0.5) is 17.1 Å². The van der Waals surface area contributed by atoms with Crippen molar-refractivity contribution < 1.29 is 30.5 Å². The fraction of sp³-hybridized carbons (Fsp3) is 0.273. The molecule has 1 aromatic heterocycles. The topological polar surface area (TPSA) is 37.8 Å². The summed E-state index contributed by atoms with van der Waals surface area (Å²) < 4.78 is 12.2. The normalized spacial score (nSPS) is 13.1. The van der Waals surface area contributed by atoms with Gasteiger partial charge in [-0.3, -0.25) is 0 Å². The Morgan fingerprint density at radius 3 is 2.03 bits per heavy atom. The Kier molecular flexibility index (Phi) is 8.14. The van der Waals surface area contributed by atoms with E-state index in [9.17, 15) is 0 Å². The second-order valence-corrected chi connectivity index (χ2v) is 11.7. The Balaban J connectivity index is 0.00000353. The van der Waals surface area contributed by atoms with Crippen molar-refractivity contribution in [2.75, 3.05) is 16.8 Å². The predicted octanol–water partition coefficient (Wildman–Crippen LogP) is 8.57. The zero-order chi connectivity index (χ0) is 27.1. The molecule has 39 heavy (non-hydrogen) atoms. The van der Waals surface area contributed by atoms with Crippen LogP contribution < -0.4 is 19.3 Å². The minimum atomic E-state index is 0. The Morgan fingerprint density at radius 2 is 1.33 bits per heavy atom. The van der Waals surface area contributed by atoms with E-state index < -0.39 is 0 Å². The summed E-state index contributed by atoms with van der Waals surface area (Å²) in [4.78, 5) is 8.63. The van der Waals surface area contributed by atoms with Crippen LogP contribution in [0, 0.1) is 18.8 Å². The standard InChI is InChI=1S/C33H34N3O2.Pt/c1-32(2,3)23-14-15-29-30(18-23)36(22-35(29)7)25-10-8-11-26(20-25)37-27-12-9-13-28(21-27)38-31-19-24(16-17-34-31)33(4,5)6;/h8-19,22H,1-7H3;/q-3;. The van der Waals surface area contributed by atoms with Crippen LogP contribution in [0.15, 0.2) is 72.9 Å². The molecular weight excluding hydrogens is 665 g/mol. The van der Waals surface area contributed by atoms with E-state index in [0.29, 0.717) is 23.1 Å². The molecule has 0 saturated heterocycles. The molecule has 0 fully saturated rings. The van der Waals surface area contributed by atoms with Gasteiger partial charge in [-0.15, -0.1) is 36.0 Å². The van der Waals surface area contributed by atoms with E-state index in [1.54, 1.807) is 6.20 Å². The van der Waals surface area contributed by atoms with Crippen LogP contribution in [0.25, 0.3) is 0 Å². The second-order valence-electron chi connectivity index (χ2n) is 11.7. The number of benzene rings is 3. The van der Waals surface area contributed by atoms with E-state index in [1.807, 2.05) is 48.5 Å². The van der Waals surface area contributed by atoms with Crippen LogP contribution in [0.3, 0.4) is 0 Å². The van der Waals surface area contributed by atoms with Crippen molar-refractivity contribution >= 4 is 17.1 Å². The van der Waals surface area contributed by atoms with Crippen molar-refractivity contribution in [3.8, 4) is 23.1 Å². The number of aromatic nitrogens is 1. The van der Waals surface area contributed by atoms with Crippen molar-refractivity contribution in [2.24, 2.45) is 0 Å². The molecule has 0 atom stereocenters. The van der Waals surface area contributed by atoms with Crippen molar-refractivity contribution in [1.82, 2.24) is 4.98 Å². The Bertz CT molecular complexity index is 1460. The van der Waals surface area contributed by atoms with Gasteiger partial charge in [0.2, 0.25) is 5.88 Å². The number of ether oxygens (including phenoxy) is 2. The van der Waals surface area contributed by atoms with E-state index in [-0.39, 0.29) is 31.9 Å². The molecule has 0 radical (unpaired) electrons. The van der Waals surface area contributed by atoms with E-state index in [1.165, 1.54) is 5.56 Å². The first-order valence-corrected chi connectivity index (χ1v) is 12.9. The molecule has 4 aromatic rings. The van der Waals surface area contributed by atoms with Gasteiger partial charge < -0.3 is 19.3 Å². The van der Waals surface area contributed by atoms with E-state index in [2.05, 4.69) is 100 Å². The molecule has 0 N–H and O–H groups in total. The van der Waals surface area contributed by atoms with Gasteiger partial charge in [0.15, 0.2) is 0 Å². The third kappa shape index (κ3) is 6.47. The summed E-state index contributed by atoms with van der Waals surface area (Å²) in [5.74, 6) is 2.21. The van der Waals surface area contributed by atoms with Crippen LogP contribution in [-0.2, 0) is 31.9 Å². The van der Waals surface area contributed by atoms with Crippen molar-refractivity contribution in [3.63, 3.8) is 0 Å². The summed E-state index contributed by atoms with van der Waals surface area (Å²) in [5, 5.41) is 0. The fourth-order valence-electron chi connectivity index (χ4n) is 4.32. The first-order chi connectivity index (χ1) is 18.0. The largest absolute Gasteiger partial charge is 0.509 e. The number of hydrogen-bond acceptors (Lipinski definition) is 5. The summed E-state index contributed by atoms with van der Waals surface area (Å²) in [5.41, 5.74) is 5.68. The molecule has 1 aliphatic rings. The summed E-state index contributed by atoms with van der Waals surface area (Å²) >= 11 is 0. The Morgan fingerprint density at radius 1 is 0.718 bits per heavy atom. The van der Waals surface area contributed by atoms with Crippen LogP contribution >= 0.6 is 0 Å². The van der Waals surface area contributed by atoms with Crippen molar-refractivity contribution in [3.05, 3.63) is 103 Å². The first-order valence-electron chi connectivity index (χ1n) is 12.9. The average molecular weight is 700 g/mol. The van der Waals surface area contributed by atoms with Crippen LogP contribution in [-0.4, -0.2) is 12.0 Å². The molecule has 6 heteroatoms. The summed E-state index contributed by atoms with van der Waals surface area (Å²) in [6.45, 7) is 15.3. The van der Waals surface area contributed by atoms with Gasteiger partial charge >= 0.3 is 0 Å². The number of anilines is 3. The van der Waals surface area contributed by atoms with Gasteiger partial charge in [0.25, 0.3) is 0 Å². The Labute approximate surface area is 247 Å². The third-order valence-electron chi connectivity index (χ3n) is 6.56. The SMILES string of the molecule is CN1[CH-]N(c2[c-]c(Oc3[c-]c(Oc4cc(C(C)(C)C)ccn4)ccc3)ccc2)c2cc(C(C)(C)C)ccc21.[Pt]. The second kappa shape index (κ2) is 11.1. The molecule has 3 aromatic carbocycles. The van der Waals surface area contributed by atoms with Gasteiger partial charge in [0, 0.05) is 62.0 Å². The number of rotatable bonds is 5. The van der Waals surface area contributed by atoms with Gasteiger partial charge in [-0.2, -0.15) is 18.8 Å². The number of nitrogens with zero attached hydrogens (tertiary/aromatic N) is 3. The maximum Gasteiger partial charge on any atom is 0.216 e. The van der Waals surface area contributed by atoms with E-state index in [4.69, 9.17) is 9.47 Å². The monoisotopic (exact) mass is 699 g/mol. The van der Waals surface area contributed by atoms with Crippen LogP contribution in [0.2, 0.25) is 0 Å². The van der Waals surface area contributed by atoms with Crippen LogP contribution in [0.5, 0.6) is 23.1 Å². The van der Waals surface area contributed by atoms with Crippen LogP contribution in [0.1, 0.15) is 52.7 Å². The number of pyridine rings is 1. The molecule has 1 aliphatic heterocycles. The van der Waals surface area contributed by atoms with Gasteiger partial charge in [-0.1, -0.05) is 53.7 Å². The quantitative estimate of drug-likeness (QED) is 0.195. The van der Waals surface area contributed by atoms with E-state index >= 15 is 0 Å². The molecule has 0 amide bonds. The van der Waals surface area contributed by atoms with E-state index in [0.717, 1.165) is 22.6 Å². The molecule has 0 saturated carbocycles. The van der Waals surface area contributed by atoms with Gasteiger partial charge in [0.05, 0.1) is 0 Å². The maximum absolute atomic E-state index is 6.16. The summed E-state index contributed by atoms with van der Waals surface area (Å²) in [6, 6.07) is 28.7. The molecule has 0 bridgehead atoms. The molecular formula is C33H34N3O2Pt-3. The minimum Gasteiger partial charge on any atom is -0.509 e. The Hall–Kier alpha value is -3.30. The zero-order valence-corrected chi connectivity index (χ0v) is 25.8. The fourth-order valence-corrected chi connectivity index (χ4v) is 4.32. The molecule has 0 spiro atoms. The molecule has 0 unspecified atom stereocenters. The molecule has 2 heterocycles. The molecule has 0 aliphatic carbocycles. The van der Waals surface area contributed by atoms with Crippen molar-refractivity contribution in [2.45, 2.75) is 52.4 Å². The zero-order valence-electron chi connectivity index (χ0n) is 23.5. The number of fused-ring (bicyclic) bond motifs is 1. The minimum absolute atomic E-state index is 0. The smallest absolute Gasteiger partial charge is 0.216 e. The molecule has 5 rings (SSSR count). The first kappa shape index (κ1) is 28.7. The van der Waals surface area contributed by atoms with Gasteiger partial charge in [0.1, 0.15) is 0 Å². The maximum atomic E-state index is 6.16. The van der Waals surface area contributed by atoms with Gasteiger partial charge in [-0.25, -0.2) is 4.98 Å². The third-order valence-corrected chi connectivity index (χ3v) is 6.56.